The lowest BCUT2D eigenvalue weighted by Crippen LogP contribution is -2.32. The molecule has 3 aromatic rings. The number of nitrogens with zero attached hydrogens (tertiary/aromatic N) is 2. The number of halogens is 1. The van der Waals surface area contributed by atoms with Crippen molar-refractivity contribution in [1.29, 1.82) is 0 Å². The molecular weight excluding hydrogens is 322 g/mol. The minimum absolute atomic E-state index is 0.110. The number of rotatable bonds is 3. The average Bonchev–Trinajstić information content (AvgIpc) is 2.78. The lowest BCUT2D eigenvalue weighted by atomic mass is 10.2. The third-order valence-corrected chi connectivity index (χ3v) is 4.84. The van der Waals surface area contributed by atoms with E-state index in [2.05, 4.69) is 4.98 Å². The van der Waals surface area contributed by atoms with Crippen LogP contribution < -0.4 is 16.1 Å². The second kappa shape index (κ2) is 5.62. The van der Waals surface area contributed by atoms with Crippen molar-refractivity contribution in [2.24, 2.45) is 0 Å². The standard InChI is InChI=1S/C15H14ClN3O2S/c1-8-9(2)22-14-13(8)15(20)19(17)12(18-14)7-21-11-5-3-10(16)4-6-11/h3-6H,7,17H2,1-2H3. The monoisotopic (exact) mass is 335 g/mol. The van der Waals surface area contributed by atoms with Crippen molar-refractivity contribution in [3.05, 3.63) is 55.9 Å². The minimum atomic E-state index is -0.249. The molecule has 0 radical (unpaired) electrons. The van der Waals surface area contributed by atoms with E-state index in [9.17, 15) is 4.79 Å². The fourth-order valence-corrected chi connectivity index (χ4v) is 3.29. The Hall–Kier alpha value is -2.05. The largest absolute Gasteiger partial charge is 0.486 e. The summed E-state index contributed by atoms with van der Waals surface area (Å²) in [5.41, 5.74) is 0.684. The first-order chi connectivity index (χ1) is 10.5. The van der Waals surface area contributed by atoms with Crippen LogP contribution in [-0.2, 0) is 6.61 Å². The third-order valence-electron chi connectivity index (χ3n) is 3.49. The number of nitrogens with two attached hydrogens (primary N) is 1. The highest BCUT2D eigenvalue weighted by Gasteiger charge is 2.15. The molecule has 0 amide bonds. The predicted molar refractivity (Wildman–Crippen MR) is 89.3 cm³/mol. The maximum atomic E-state index is 12.4. The number of aryl methyl sites for hydroxylation is 2. The smallest absolute Gasteiger partial charge is 0.281 e. The Bertz CT molecular complexity index is 900. The van der Waals surface area contributed by atoms with Crippen LogP contribution >= 0.6 is 22.9 Å². The van der Waals surface area contributed by atoms with E-state index in [0.717, 1.165) is 15.1 Å². The summed E-state index contributed by atoms with van der Waals surface area (Å²) in [6.45, 7) is 3.98. The first kappa shape index (κ1) is 14.9. The van der Waals surface area contributed by atoms with Gasteiger partial charge in [0.05, 0.1) is 5.39 Å². The summed E-state index contributed by atoms with van der Waals surface area (Å²) in [6.07, 6.45) is 0. The van der Waals surface area contributed by atoms with Crippen LogP contribution in [-0.4, -0.2) is 9.66 Å². The molecule has 0 unspecified atom stereocenters. The quantitative estimate of drug-likeness (QED) is 0.747. The SMILES string of the molecule is Cc1sc2nc(COc3ccc(Cl)cc3)n(N)c(=O)c2c1C. The predicted octanol–water partition coefficient (Wildman–Crippen LogP) is 3.02. The Morgan fingerprint density at radius 3 is 2.68 bits per heavy atom. The molecule has 2 heterocycles. The van der Waals surface area contributed by atoms with Gasteiger partial charge in [-0.1, -0.05) is 11.6 Å². The van der Waals surface area contributed by atoms with E-state index < -0.39 is 0 Å². The van der Waals surface area contributed by atoms with Crippen LogP contribution in [0.4, 0.5) is 0 Å². The molecule has 114 valence electrons. The highest BCUT2D eigenvalue weighted by molar-refractivity contribution is 7.18. The van der Waals surface area contributed by atoms with Crippen LogP contribution in [0.2, 0.25) is 5.02 Å². The van der Waals surface area contributed by atoms with E-state index in [1.165, 1.54) is 11.3 Å². The first-order valence-corrected chi connectivity index (χ1v) is 7.82. The summed E-state index contributed by atoms with van der Waals surface area (Å²) in [7, 11) is 0. The highest BCUT2D eigenvalue weighted by Crippen LogP contribution is 2.26. The first-order valence-electron chi connectivity index (χ1n) is 6.62. The van der Waals surface area contributed by atoms with Crippen LogP contribution in [0.5, 0.6) is 5.75 Å². The molecule has 0 aliphatic rings. The molecule has 0 saturated heterocycles. The lowest BCUT2D eigenvalue weighted by molar-refractivity contribution is 0.291. The Kier molecular flexibility index (Phi) is 3.80. The molecule has 0 bridgehead atoms. The molecule has 1 aromatic carbocycles. The van der Waals surface area contributed by atoms with Crippen molar-refractivity contribution < 1.29 is 4.74 Å². The van der Waals surface area contributed by atoms with Gasteiger partial charge in [0.25, 0.3) is 5.56 Å². The normalized spacial score (nSPS) is 11.0. The van der Waals surface area contributed by atoms with Gasteiger partial charge in [-0.25, -0.2) is 9.66 Å². The number of hydrogen-bond donors (Lipinski definition) is 1. The summed E-state index contributed by atoms with van der Waals surface area (Å²) < 4.78 is 6.67. The molecular formula is C15H14ClN3O2S. The molecule has 0 fully saturated rings. The van der Waals surface area contributed by atoms with Gasteiger partial charge in [0.1, 0.15) is 17.2 Å². The van der Waals surface area contributed by atoms with Crippen molar-refractivity contribution >= 4 is 33.2 Å². The number of benzene rings is 1. The maximum absolute atomic E-state index is 12.4. The van der Waals surface area contributed by atoms with E-state index in [0.29, 0.717) is 26.8 Å². The van der Waals surface area contributed by atoms with Gasteiger partial charge in [-0.05, 0) is 43.7 Å². The van der Waals surface area contributed by atoms with E-state index >= 15 is 0 Å². The molecule has 2 N–H and O–H groups in total. The van der Waals surface area contributed by atoms with Gasteiger partial charge in [-0.2, -0.15) is 0 Å². The number of hydrogen-bond acceptors (Lipinski definition) is 5. The zero-order valence-corrected chi connectivity index (χ0v) is 13.7. The zero-order valence-electron chi connectivity index (χ0n) is 12.1. The van der Waals surface area contributed by atoms with Crippen LogP contribution in [0.25, 0.3) is 10.2 Å². The van der Waals surface area contributed by atoms with Crippen LogP contribution in [0.15, 0.2) is 29.1 Å². The summed E-state index contributed by atoms with van der Waals surface area (Å²) >= 11 is 7.31. The fourth-order valence-electron chi connectivity index (χ4n) is 2.13. The highest BCUT2D eigenvalue weighted by atomic mass is 35.5. The topological polar surface area (TPSA) is 70.1 Å². The molecule has 0 aliphatic heterocycles. The summed E-state index contributed by atoms with van der Waals surface area (Å²) in [5.74, 6) is 6.88. The molecule has 22 heavy (non-hydrogen) atoms. The molecule has 3 rings (SSSR count). The molecule has 7 heteroatoms. The minimum Gasteiger partial charge on any atom is -0.486 e. The third kappa shape index (κ3) is 2.55. The molecule has 2 aromatic heterocycles. The Morgan fingerprint density at radius 2 is 2.00 bits per heavy atom. The molecule has 5 nitrogen and oxygen atoms in total. The van der Waals surface area contributed by atoms with Crippen molar-refractivity contribution in [2.75, 3.05) is 5.84 Å². The average molecular weight is 336 g/mol. The van der Waals surface area contributed by atoms with Gasteiger partial charge < -0.3 is 10.6 Å². The van der Waals surface area contributed by atoms with Gasteiger partial charge in [0.15, 0.2) is 5.82 Å². The van der Waals surface area contributed by atoms with Gasteiger partial charge in [0, 0.05) is 9.90 Å². The summed E-state index contributed by atoms with van der Waals surface area (Å²) in [6, 6.07) is 6.96. The Labute approximate surface area is 135 Å². The van der Waals surface area contributed by atoms with E-state index in [1.54, 1.807) is 24.3 Å². The van der Waals surface area contributed by atoms with E-state index in [-0.39, 0.29) is 12.2 Å². The van der Waals surface area contributed by atoms with Gasteiger partial charge in [-0.15, -0.1) is 11.3 Å². The molecule has 0 atom stereocenters. The van der Waals surface area contributed by atoms with Crippen LogP contribution in [0.1, 0.15) is 16.3 Å². The van der Waals surface area contributed by atoms with Crippen molar-refractivity contribution in [2.45, 2.75) is 20.5 Å². The second-order valence-electron chi connectivity index (χ2n) is 4.91. The number of ether oxygens (including phenoxy) is 1. The lowest BCUT2D eigenvalue weighted by Gasteiger charge is -2.09. The zero-order chi connectivity index (χ0) is 15.9. The molecule has 0 saturated carbocycles. The second-order valence-corrected chi connectivity index (χ2v) is 6.55. The number of thiophene rings is 1. The van der Waals surface area contributed by atoms with Gasteiger partial charge in [-0.3, -0.25) is 4.79 Å². The summed E-state index contributed by atoms with van der Waals surface area (Å²) in [4.78, 5) is 18.6. The van der Waals surface area contributed by atoms with E-state index in [1.807, 2.05) is 13.8 Å². The van der Waals surface area contributed by atoms with Gasteiger partial charge >= 0.3 is 0 Å². The Morgan fingerprint density at radius 1 is 1.32 bits per heavy atom. The number of fused-ring (bicyclic) bond motifs is 1. The summed E-state index contributed by atoms with van der Waals surface area (Å²) in [5, 5.41) is 1.22. The van der Waals surface area contributed by atoms with Crippen molar-refractivity contribution in [3.8, 4) is 5.75 Å². The maximum Gasteiger partial charge on any atom is 0.281 e. The van der Waals surface area contributed by atoms with Crippen LogP contribution in [0.3, 0.4) is 0 Å². The van der Waals surface area contributed by atoms with Gasteiger partial charge in [0.2, 0.25) is 0 Å². The van der Waals surface area contributed by atoms with Crippen molar-refractivity contribution in [1.82, 2.24) is 9.66 Å². The fraction of sp³-hybridized carbons (Fsp3) is 0.200. The number of aromatic nitrogens is 2. The molecule has 0 aliphatic carbocycles. The molecule has 0 spiro atoms. The van der Waals surface area contributed by atoms with E-state index in [4.69, 9.17) is 22.2 Å². The van der Waals surface area contributed by atoms with Crippen LogP contribution in [0, 0.1) is 13.8 Å². The van der Waals surface area contributed by atoms with Crippen molar-refractivity contribution in [3.63, 3.8) is 0 Å². The Balaban J connectivity index is 1.95. The number of nitrogen functional groups attached to an aromatic ring is 1.